The average Bonchev–Trinajstić information content (AvgIpc) is 3.69. The number of nitrogens with two attached hydrogens (primary N) is 1. The van der Waals surface area contributed by atoms with E-state index >= 15 is 0 Å². The van der Waals surface area contributed by atoms with Crippen LogP contribution in [0.1, 0.15) is 48.9 Å². The Balaban J connectivity index is 1.10. The molecule has 3 N–H and O–H groups in total. The predicted molar refractivity (Wildman–Crippen MR) is 176 cm³/mol. The number of pyridine rings is 2. The molecule has 0 bridgehead atoms. The summed E-state index contributed by atoms with van der Waals surface area (Å²) in [7, 11) is 3.29. The Morgan fingerprint density at radius 2 is 1.14 bits per heavy atom. The minimum Gasteiger partial charge on any atom is -0.481 e. The molecule has 226 valence electrons. The quantitative estimate of drug-likeness (QED) is 0.108. The lowest BCUT2D eigenvalue weighted by Crippen LogP contribution is -2.38. The molecule has 44 heavy (non-hydrogen) atoms. The molecule has 8 nitrogen and oxygen atoms in total. The van der Waals surface area contributed by atoms with Crippen LogP contribution in [0.4, 0.5) is 0 Å². The van der Waals surface area contributed by atoms with E-state index in [4.69, 9.17) is 15.2 Å². The average molecular weight is 589 g/mol. The fourth-order valence-corrected chi connectivity index (χ4v) is 6.12. The number of methoxy groups -OCH3 is 2. The number of aromatic nitrogens is 4. The maximum Gasteiger partial charge on any atom is 0.213 e. The van der Waals surface area contributed by atoms with Gasteiger partial charge in [-0.25, -0.2) is 9.97 Å². The SMILES string of the molecule is COc1ccc2c(ccn2C(CCCNC(N)CCC(c2ccccc2)n2ccc3nc(OC)ccc32)c2ccccc2)n1. The summed E-state index contributed by atoms with van der Waals surface area (Å²) in [6, 6.07) is 33.8. The third-order valence-corrected chi connectivity index (χ3v) is 8.37. The van der Waals surface area contributed by atoms with E-state index in [0.29, 0.717) is 11.8 Å². The maximum absolute atomic E-state index is 6.65. The lowest BCUT2D eigenvalue weighted by molar-refractivity contribution is 0.399. The van der Waals surface area contributed by atoms with E-state index in [1.165, 1.54) is 11.1 Å². The van der Waals surface area contributed by atoms with Crippen LogP contribution in [0.15, 0.2) is 109 Å². The van der Waals surface area contributed by atoms with Crippen LogP contribution in [0.2, 0.25) is 0 Å². The second-order valence-corrected chi connectivity index (χ2v) is 11.1. The first-order chi connectivity index (χ1) is 21.6. The second kappa shape index (κ2) is 13.8. The van der Waals surface area contributed by atoms with Gasteiger partial charge in [-0.3, -0.25) is 0 Å². The van der Waals surface area contributed by atoms with E-state index in [1.54, 1.807) is 14.2 Å². The molecule has 3 unspecified atom stereocenters. The third-order valence-electron chi connectivity index (χ3n) is 8.37. The van der Waals surface area contributed by atoms with Gasteiger partial charge in [-0.15, -0.1) is 0 Å². The Labute approximate surface area is 258 Å². The Hall–Kier alpha value is -4.66. The summed E-state index contributed by atoms with van der Waals surface area (Å²) in [5.74, 6) is 1.25. The van der Waals surface area contributed by atoms with E-state index in [1.807, 2.05) is 12.1 Å². The zero-order valence-electron chi connectivity index (χ0n) is 25.3. The van der Waals surface area contributed by atoms with Gasteiger partial charge in [0, 0.05) is 24.5 Å². The fourth-order valence-electron chi connectivity index (χ4n) is 6.12. The highest BCUT2D eigenvalue weighted by Crippen LogP contribution is 2.31. The van der Waals surface area contributed by atoms with Gasteiger partial charge < -0.3 is 29.7 Å². The van der Waals surface area contributed by atoms with Crippen LogP contribution in [0.5, 0.6) is 11.8 Å². The summed E-state index contributed by atoms with van der Waals surface area (Å²) in [5, 5.41) is 3.59. The van der Waals surface area contributed by atoms with Gasteiger partial charge in [0.25, 0.3) is 0 Å². The van der Waals surface area contributed by atoms with Gasteiger partial charge in [0.1, 0.15) is 0 Å². The van der Waals surface area contributed by atoms with Gasteiger partial charge in [0.2, 0.25) is 11.8 Å². The third kappa shape index (κ3) is 6.46. The van der Waals surface area contributed by atoms with Crippen molar-refractivity contribution in [1.29, 1.82) is 0 Å². The molecule has 0 aliphatic heterocycles. The van der Waals surface area contributed by atoms with E-state index in [2.05, 4.69) is 122 Å². The highest BCUT2D eigenvalue weighted by atomic mass is 16.5. The first-order valence-electron chi connectivity index (χ1n) is 15.3. The minimum absolute atomic E-state index is 0.111. The van der Waals surface area contributed by atoms with Crippen LogP contribution in [0.25, 0.3) is 22.1 Å². The topological polar surface area (TPSA) is 92.2 Å². The second-order valence-electron chi connectivity index (χ2n) is 11.1. The van der Waals surface area contributed by atoms with Crippen molar-refractivity contribution in [3.8, 4) is 11.8 Å². The molecular formula is C36H40N6O2. The number of fused-ring (bicyclic) bond motifs is 2. The number of nitrogens with one attached hydrogen (secondary N) is 1. The van der Waals surface area contributed by atoms with Crippen molar-refractivity contribution in [2.75, 3.05) is 20.8 Å². The Bertz CT molecular complexity index is 1780. The fraction of sp³-hybridized carbons (Fsp3) is 0.278. The Kier molecular flexibility index (Phi) is 9.20. The maximum atomic E-state index is 6.65. The molecule has 0 aliphatic carbocycles. The smallest absolute Gasteiger partial charge is 0.213 e. The molecular weight excluding hydrogens is 548 g/mol. The number of rotatable bonds is 14. The first-order valence-corrected chi connectivity index (χ1v) is 15.3. The molecule has 0 radical (unpaired) electrons. The summed E-state index contributed by atoms with van der Waals surface area (Å²) in [6.07, 6.45) is 7.82. The Morgan fingerprint density at radius 3 is 1.64 bits per heavy atom. The van der Waals surface area contributed by atoms with Gasteiger partial charge >= 0.3 is 0 Å². The van der Waals surface area contributed by atoms with Crippen LogP contribution < -0.4 is 20.5 Å². The largest absolute Gasteiger partial charge is 0.481 e. The zero-order valence-corrected chi connectivity index (χ0v) is 25.3. The van der Waals surface area contributed by atoms with E-state index in [9.17, 15) is 0 Å². The van der Waals surface area contributed by atoms with Gasteiger partial charge in [-0.05, 0) is 67.6 Å². The lowest BCUT2D eigenvalue weighted by atomic mass is 10.00. The van der Waals surface area contributed by atoms with Gasteiger partial charge in [-0.1, -0.05) is 60.7 Å². The van der Waals surface area contributed by atoms with Crippen molar-refractivity contribution in [2.45, 2.75) is 43.9 Å². The van der Waals surface area contributed by atoms with E-state index < -0.39 is 0 Å². The van der Waals surface area contributed by atoms with Crippen molar-refractivity contribution in [1.82, 2.24) is 24.4 Å². The van der Waals surface area contributed by atoms with Crippen molar-refractivity contribution in [2.24, 2.45) is 5.73 Å². The molecule has 3 atom stereocenters. The van der Waals surface area contributed by atoms with E-state index in [0.717, 1.165) is 54.3 Å². The van der Waals surface area contributed by atoms with Gasteiger partial charge in [0.05, 0.1) is 54.5 Å². The van der Waals surface area contributed by atoms with Crippen molar-refractivity contribution >= 4 is 22.1 Å². The number of benzene rings is 2. The van der Waals surface area contributed by atoms with Crippen molar-refractivity contribution in [3.05, 3.63) is 121 Å². The number of nitrogens with zero attached hydrogens (tertiary/aromatic N) is 4. The molecule has 6 aromatic rings. The molecule has 0 amide bonds. The highest BCUT2D eigenvalue weighted by Gasteiger charge is 2.19. The summed E-state index contributed by atoms with van der Waals surface area (Å²) in [4.78, 5) is 9.25. The molecule has 0 spiro atoms. The summed E-state index contributed by atoms with van der Waals surface area (Å²) in [5.41, 5.74) is 13.2. The first kappa shape index (κ1) is 29.4. The van der Waals surface area contributed by atoms with Crippen LogP contribution in [-0.4, -0.2) is 46.0 Å². The van der Waals surface area contributed by atoms with Crippen LogP contribution in [-0.2, 0) is 0 Å². The van der Waals surface area contributed by atoms with E-state index in [-0.39, 0.29) is 18.2 Å². The van der Waals surface area contributed by atoms with Crippen LogP contribution in [0.3, 0.4) is 0 Å². The van der Waals surface area contributed by atoms with Gasteiger partial charge in [-0.2, -0.15) is 0 Å². The summed E-state index contributed by atoms with van der Waals surface area (Å²) < 4.78 is 15.3. The normalized spacial score (nSPS) is 13.6. The van der Waals surface area contributed by atoms with Gasteiger partial charge in [0.15, 0.2) is 0 Å². The molecule has 2 aromatic carbocycles. The number of hydrogen-bond donors (Lipinski definition) is 2. The standard InChI is InChI=1S/C36H40N6O2/c1-43-35-19-16-32-28(39-35)21-24-41(32)30(26-10-5-3-6-11-26)14-9-23-38-34(37)18-15-31(27-12-7-4-8-13-27)42-25-22-29-33(42)17-20-36(40-29)44-2/h3-8,10-13,16-17,19-22,24-25,30-31,34,38H,9,14-15,18,23,37H2,1-2H3. The van der Waals surface area contributed by atoms with Crippen LogP contribution >= 0.6 is 0 Å². The molecule has 8 heteroatoms. The number of hydrogen-bond acceptors (Lipinski definition) is 6. The van der Waals surface area contributed by atoms with Crippen molar-refractivity contribution < 1.29 is 9.47 Å². The summed E-state index contributed by atoms with van der Waals surface area (Å²) in [6.45, 7) is 0.835. The molecule has 0 aliphatic rings. The molecule has 6 rings (SSSR count). The zero-order chi connectivity index (χ0) is 30.3. The Morgan fingerprint density at radius 1 is 0.636 bits per heavy atom. The monoisotopic (exact) mass is 588 g/mol. The number of ether oxygens (including phenoxy) is 2. The molecule has 0 saturated heterocycles. The van der Waals surface area contributed by atoms with Crippen molar-refractivity contribution in [3.63, 3.8) is 0 Å². The highest BCUT2D eigenvalue weighted by molar-refractivity contribution is 5.77. The molecule has 0 fully saturated rings. The molecule has 0 saturated carbocycles. The lowest BCUT2D eigenvalue weighted by Gasteiger charge is -2.24. The molecule has 4 heterocycles. The summed E-state index contributed by atoms with van der Waals surface area (Å²) >= 11 is 0. The van der Waals surface area contributed by atoms with Crippen LogP contribution in [0, 0.1) is 0 Å². The molecule has 4 aromatic heterocycles. The predicted octanol–water partition coefficient (Wildman–Crippen LogP) is 6.72. The minimum atomic E-state index is -0.111.